The Bertz CT molecular complexity index is 1280. The lowest BCUT2D eigenvalue weighted by Gasteiger charge is -2.25. The number of halogens is 3. The van der Waals surface area contributed by atoms with Crippen LogP contribution in [0.3, 0.4) is 0 Å². The summed E-state index contributed by atoms with van der Waals surface area (Å²) in [5.41, 5.74) is 2.45. The Morgan fingerprint density at radius 2 is 1.67 bits per heavy atom. The molecule has 170 valence electrons. The zero-order valence-corrected chi connectivity index (χ0v) is 17.8. The maximum atomic E-state index is 14.3. The molecule has 0 amide bonds. The third-order valence-corrected chi connectivity index (χ3v) is 5.54. The highest BCUT2D eigenvalue weighted by Gasteiger charge is 2.25. The minimum absolute atomic E-state index is 0.0556. The van der Waals surface area contributed by atoms with Crippen molar-refractivity contribution in [3.63, 3.8) is 0 Å². The Balaban J connectivity index is 1.57. The Morgan fingerprint density at radius 3 is 2.36 bits per heavy atom. The van der Waals surface area contributed by atoms with Gasteiger partial charge in [0.2, 0.25) is 11.9 Å². The number of aryl methyl sites for hydroxylation is 1. The quantitative estimate of drug-likeness (QED) is 0.421. The highest BCUT2D eigenvalue weighted by molar-refractivity contribution is 5.77. The first kappa shape index (κ1) is 21.2. The summed E-state index contributed by atoms with van der Waals surface area (Å²) in [5, 5.41) is 5.87. The molecule has 2 N–H and O–H groups in total. The maximum absolute atomic E-state index is 14.3. The third-order valence-electron chi connectivity index (χ3n) is 5.54. The molecule has 0 aliphatic carbocycles. The summed E-state index contributed by atoms with van der Waals surface area (Å²) in [6.45, 7) is 3.09. The van der Waals surface area contributed by atoms with E-state index in [0.29, 0.717) is 55.3 Å². The van der Waals surface area contributed by atoms with Crippen LogP contribution in [0, 0.1) is 24.4 Å². The highest BCUT2D eigenvalue weighted by atomic mass is 19.1. The molecular formula is C23H21F3N6O. The van der Waals surface area contributed by atoms with E-state index in [2.05, 4.69) is 25.6 Å². The number of imidazole rings is 1. The van der Waals surface area contributed by atoms with Gasteiger partial charge in [-0.1, -0.05) is 17.7 Å². The molecule has 3 heterocycles. The number of aromatic nitrogens is 4. The van der Waals surface area contributed by atoms with Gasteiger partial charge in [-0.2, -0.15) is 4.98 Å². The van der Waals surface area contributed by atoms with Crippen molar-refractivity contribution in [1.29, 1.82) is 0 Å². The molecule has 0 bridgehead atoms. The van der Waals surface area contributed by atoms with Crippen LogP contribution in [-0.2, 0) is 4.74 Å². The van der Waals surface area contributed by atoms with Crippen molar-refractivity contribution >= 4 is 34.4 Å². The number of hydrogen-bond donors (Lipinski definition) is 2. The van der Waals surface area contributed by atoms with Crippen LogP contribution in [0.2, 0.25) is 0 Å². The summed E-state index contributed by atoms with van der Waals surface area (Å²) >= 11 is 0. The highest BCUT2D eigenvalue weighted by Crippen LogP contribution is 2.33. The average molecular weight is 454 g/mol. The van der Waals surface area contributed by atoms with Crippen molar-refractivity contribution in [2.75, 3.05) is 23.8 Å². The van der Waals surface area contributed by atoms with Crippen molar-refractivity contribution in [3.8, 4) is 0 Å². The molecule has 5 rings (SSSR count). The van der Waals surface area contributed by atoms with Crippen molar-refractivity contribution in [1.82, 2.24) is 19.5 Å². The first-order valence-corrected chi connectivity index (χ1v) is 10.6. The van der Waals surface area contributed by atoms with Gasteiger partial charge in [0, 0.05) is 37.1 Å². The second-order valence-corrected chi connectivity index (χ2v) is 7.91. The first-order valence-electron chi connectivity index (χ1n) is 10.6. The van der Waals surface area contributed by atoms with Crippen LogP contribution in [0.5, 0.6) is 0 Å². The predicted octanol–water partition coefficient (Wildman–Crippen LogP) is 5.39. The van der Waals surface area contributed by atoms with Gasteiger partial charge < -0.3 is 15.4 Å². The number of rotatable bonds is 5. The van der Waals surface area contributed by atoms with E-state index in [-0.39, 0.29) is 12.0 Å². The summed E-state index contributed by atoms with van der Waals surface area (Å²) < 4.78 is 49.3. The molecule has 0 spiro atoms. The summed E-state index contributed by atoms with van der Waals surface area (Å²) in [6.07, 6.45) is 2.91. The Kier molecular flexibility index (Phi) is 5.59. The SMILES string of the molecule is Cc1ccc(Nc2ncc3nc(Nc4c(F)cc(F)cc4F)n(C4CCOCC4)c3n2)cc1. The second-order valence-electron chi connectivity index (χ2n) is 7.91. The van der Waals surface area contributed by atoms with E-state index < -0.39 is 23.1 Å². The fraction of sp³-hybridized carbons (Fsp3) is 0.261. The van der Waals surface area contributed by atoms with Crippen molar-refractivity contribution in [2.45, 2.75) is 25.8 Å². The molecule has 1 saturated heterocycles. The molecule has 7 nitrogen and oxygen atoms in total. The predicted molar refractivity (Wildman–Crippen MR) is 118 cm³/mol. The molecule has 4 aromatic rings. The number of ether oxygens (including phenoxy) is 1. The van der Waals surface area contributed by atoms with Crippen LogP contribution in [-0.4, -0.2) is 32.7 Å². The van der Waals surface area contributed by atoms with Gasteiger partial charge in [0.05, 0.1) is 6.20 Å². The van der Waals surface area contributed by atoms with Gasteiger partial charge in [0.15, 0.2) is 17.3 Å². The third kappa shape index (κ3) is 4.34. The molecule has 1 aliphatic rings. The van der Waals surface area contributed by atoms with Crippen LogP contribution in [0.15, 0.2) is 42.6 Å². The van der Waals surface area contributed by atoms with Crippen LogP contribution in [0.4, 0.5) is 36.4 Å². The van der Waals surface area contributed by atoms with E-state index >= 15 is 0 Å². The lowest BCUT2D eigenvalue weighted by Crippen LogP contribution is -2.21. The van der Waals surface area contributed by atoms with Crippen molar-refractivity contribution < 1.29 is 17.9 Å². The zero-order valence-electron chi connectivity index (χ0n) is 17.8. The monoisotopic (exact) mass is 454 g/mol. The largest absolute Gasteiger partial charge is 0.381 e. The van der Waals surface area contributed by atoms with Gasteiger partial charge in [0.1, 0.15) is 17.0 Å². The molecule has 2 aromatic heterocycles. The average Bonchev–Trinajstić information content (AvgIpc) is 3.15. The summed E-state index contributed by atoms with van der Waals surface area (Å²) in [7, 11) is 0. The molecule has 0 unspecified atom stereocenters. The molecule has 33 heavy (non-hydrogen) atoms. The van der Waals surface area contributed by atoms with Gasteiger partial charge in [-0.25, -0.2) is 23.1 Å². The lowest BCUT2D eigenvalue weighted by atomic mass is 10.1. The molecule has 0 radical (unpaired) electrons. The number of fused-ring (bicyclic) bond motifs is 1. The Hall–Kier alpha value is -3.66. The van der Waals surface area contributed by atoms with Crippen LogP contribution < -0.4 is 10.6 Å². The topological polar surface area (TPSA) is 76.9 Å². The zero-order chi connectivity index (χ0) is 22.9. The molecule has 10 heteroatoms. The van der Waals surface area contributed by atoms with E-state index in [1.807, 2.05) is 35.8 Å². The van der Waals surface area contributed by atoms with Gasteiger partial charge in [0.25, 0.3) is 0 Å². The number of benzene rings is 2. The van der Waals surface area contributed by atoms with Gasteiger partial charge in [-0.15, -0.1) is 0 Å². The lowest BCUT2D eigenvalue weighted by molar-refractivity contribution is 0.0710. The fourth-order valence-electron chi connectivity index (χ4n) is 3.87. The van der Waals surface area contributed by atoms with E-state index in [4.69, 9.17) is 4.74 Å². The maximum Gasteiger partial charge on any atom is 0.229 e. The summed E-state index contributed by atoms with van der Waals surface area (Å²) in [4.78, 5) is 13.4. The summed E-state index contributed by atoms with van der Waals surface area (Å²) in [6, 6.07) is 8.98. The number of hydrogen-bond acceptors (Lipinski definition) is 6. The fourth-order valence-corrected chi connectivity index (χ4v) is 3.87. The van der Waals surface area contributed by atoms with E-state index in [9.17, 15) is 13.2 Å². The van der Waals surface area contributed by atoms with E-state index in [0.717, 1.165) is 11.3 Å². The van der Waals surface area contributed by atoms with Gasteiger partial charge in [-0.3, -0.25) is 4.57 Å². The van der Waals surface area contributed by atoms with Gasteiger partial charge in [-0.05, 0) is 31.9 Å². The van der Waals surface area contributed by atoms with Crippen molar-refractivity contribution in [3.05, 3.63) is 65.6 Å². The minimum atomic E-state index is -1.05. The Labute approximate surface area is 187 Å². The normalized spacial score (nSPS) is 14.5. The molecule has 0 saturated carbocycles. The Morgan fingerprint density at radius 1 is 0.970 bits per heavy atom. The molecule has 1 fully saturated rings. The van der Waals surface area contributed by atoms with E-state index in [1.54, 1.807) is 6.20 Å². The second kappa shape index (κ2) is 8.70. The van der Waals surface area contributed by atoms with E-state index in [1.165, 1.54) is 0 Å². The van der Waals surface area contributed by atoms with Gasteiger partial charge >= 0.3 is 0 Å². The standard InChI is InChI=1S/C23H21F3N6O/c1-13-2-4-15(5-3-13)28-22-27-12-19-21(31-22)32(16-6-8-33-9-7-16)23(29-19)30-20-17(25)10-14(24)11-18(20)26/h2-5,10-12,16H,6-9H2,1H3,(H,29,30)(H,27,28,31). The molecule has 0 atom stereocenters. The molecule has 2 aromatic carbocycles. The van der Waals surface area contributed by atoms with Crippen molar-refractivity contribution in [2.24, 2.45) is 0 Å². The smallest absolute Gasteiger partial charge is 0.229 e. The van der Waals surface area contributed by atoms with Crippen LogP contribution >= 0.6 is 0 Å². The number of nitrogens with zero attached hydrogens (tertiary/aromatic N) is 4. The first-order chi connectivity index (χ1) is 16.0. The molecule has 1 aliphatic heterocycles. The number of anilines is 4. The number of nitrogens with one attached hydrogen (secondary N) is 2. The molecular weight excluding hydrogens is 433 g/mol. The van der Waals surface area contributed by atoms with Crippen LogP contribution in [0.25, 0.3) is 11.2 Å². The van der Waals surface area contributed by atoms with Crippen LogP contribution in [0.1, 0.15) is 24.4 Å². The minimum Gasteiger partial charge on any atom is -0.381 e. The summed E-state index contributed by atoms with van der Waals surface area (Å²) in [5.74, 6) is -2.53.